The number of halogens is 1. The normalized spacial score (nSPS) is 13.8. The van der Waals surface area contributed by atoms with Crippen molar-refractivity contribution in [2.75, 3.05) is 18.4 Å². The summed E-state index contributed by atoms with van der Waals surface area (Å²) in [6.45, 7) is 1.50. The van der Waals surface area contributed by atoms with E-state index < -0.39 is 0 Å². The molecule has 2 aromatic carbocycles. The molecule has 0 saturated carbocycles. The lowest BCUT2D eigenvalue weighted by Crippen LogP contribution is -2.36. The van der Waals surface area contributed by atoms with E-state index in [-0.39, 0.29) is 24.1 Å². The van der Waals surface area contributed by atoms with Crippen LogP contribution in [0.3, 0.4) is 0 Å². The lowest BCUT2D eigenvalue weighted by molar-refractivity contribution is -0.116. The van der Waals surface area contributed by atoms with Crippen LogP contribution in [0.4, 0.5) is 10.1 Å². The maximum absolute atomic E-state index is 13.1. The van der Waals surface area contributed by atoms with Crippen molar-refractivity contribution in [1.82, 2.24) is 9.88 Å². The van der Waals surface area contributed by atoms with Crippen LogP contribution in [0, 0.1) is 5.82 Å². The van der Waals surface area contributed by atoms with Gasteiger partial charge in [-0.2, -0.15) is 0 Å². The van der Waals surface area contributed by atoms with Gasteiger partial charge in [-0.1, -0.05) is 12.1 Å². The number of para-hydroxylation sites is 1. The summed E-state index contributed by atoms with van der Waals surface area (Å²) < 4.78 is 18.7. The Hall–Kier alpha value is -3.48. The summed E-state index contributed by atoms with van der Waals surface area (Å²) in [4.78, 5) is 31.4. The lowest BCUT2D eigenvalue weighted by atomic mass is 10.1. The van der Waals surface area contributed by atoms with Crippen molar-refractivity contribution < 1.29 is 18.4 Å². The molecule has 0 atom stereocenters. The Morgan fingerprint density at radius 1 is 1.03 bits per heavy atom. The van der Waals surface area contributed by atoms with Crippen LogP contribution < -0.4 is 5.32 Å². The highest BCUT2D eigenvalue weighted by atomic mass is 19.1. The highest BCUT2D eigenvalue weighted by Gasteiger charge is 2.21. The zero-order valence-electron chi connectivity index (χ0n) is 17.1. The molecule has 1 aromatic heterocycles. The molecule has 1 saturated heterocycles. The monoisotopic (exact) mass is 421 g/mol. The summed E-state index contributed by atoms with van der Waals surface area (Å²) in [5.41, 5.74) is 1.74. The molecule has 7 heteroatoms. The number of amides is 2. The molecule has 0 unspecified atom stereocenters. The molecule has 0 aliphatic carbocycles. The van der Waals surface area contributed by atoms with E-state index in [1.54, 1.807) is 42.6 Å². The highest BCUT2D eigenvalue weighted by Crippen LogP contribution is 2.22. The third kappa shape index (κ3) is 5.17. The molecule has 2 amide bonds. The van der Waals surface area contributed by atoms with E-state index in [0.717, 1.165) is 37.9 Å². The van der Waals surface area contributed by atoms with E-state index in [1.807, 2.05) is 4.90 Å². The van der Waals surface area contributed by atoms with Gasteiger partial charge in [-0.15, -0.1) is 0 Å². The van der Waals surface area contributed by atoms with Gasteiger partial charge < -0.3 is 14.6 Å². The Morgan fingerprint density at radius 2 is 1.77 bits per heavy atom. The molecule has 31 heavy (non-hydrogen) atoms. The zero-order valence-corrected chi connectivity index (χ0v) is 17.1. The van der Waals surface area contributed by atoms with E-state index >= 15 is 0 Å². The van der Waals surface area contributed by atoms with Crippen molar-refractivity contribution in [3.63, 3.8) is 0 Å². The Bertz CT molecular complexity index is 1060. The van der Waals surface area contributed by atoms with Crippen LogP contribution in [0.5, 0.6) is 0 Å². The SMILES string of the molecule is O=C(CCc1ncc(-c2ccc(F)cc2)o1)Nc1ccccc1C(=O)N1CCCCC1. The Balaban J connectivity index is 1.36. The predicted octanol–water partition coefficient (Wildman–Crippen LogP) is 4.68. The fraction of sp³-hybridized carbons (Fsp3) is 0.292. The van der Waals surface area contributed by atoms with E-state index in [9.17, 15) is 14.0 Å². The molecule has 1 aliphatic rings. The summed E-state index contributed by atoms with van der Waals surface area (Å²) in [5.74, 6) is 0.354. The molecule has 1 fully saturated rings. The summed E-state index contributed by atoms with van der Waals surface area (Å²) in [5, 5.41) is 2.85. The van der Waals surface area contributed by atoms with Crippen molar-refractivity contribution in [1.29, 1.82) is 0 Å². The second-order valence-corrected chi connectivity index (χ2v) is 7.57. The van der Waals surface area contributed by atoms with E-state index in [2.05, 4.69) is 10.3 Å². The molecular weight excluding hydrogens is 397 g/mol. The largest absolute Gasteiger partial charge is 0.441 e. The van der Waals surface area contributed by atoms with Gasteiger partial charge in [0.15, 0.2) is 11.7 Å². The maximum atomic E-state index is 13.1. The van der Waals surface area contributed by atoms with Gasteiger partial charge in [0.25, 0.3) is 5.91 Å². The molecule has 160 valence electrons. The zero-order chi connectivity index (χ0) is 21.6. The first-order chi connectivity index (χ1) is 15.1. The topological polar surface area (TPSA) is 75.4 Å². The second kappa shape index (κ2) is 9.55. The summed E-state index contributed by atoms with van der Waals surface area (Å²) >= 11 is 0. The lowest BCUT2D eigenvalue weighted by Gasteiger charge is -2.27. The Kier molecular flexibility index (Phi) is 6.40. The number of likely N-dealkylation sites (tertiary alicyclic amines) is 1. The number of nitrogens with zero attached hydrogens (tertiary/aromatic N) is 2. The van der Waals surface area contributed by atoms with Crippen LogP contribution in [0.25, 0.3) is 11.3 Å². The van der Waals surface area contributed by atoms with Gasteiger partial charge in [0.2, 0.25) is 5.91 Å². The van der Waals surface area contributed by atoms with Crippen molar-refractivity contribution in [2.45, 2.75) is 32.1 Å². The van der Waals surface area contributed by atoms with Gasteiger partial charge >= 0.3 is 0 Å². The number of piperidine rings is 1. The molecular formula is C24H24FN3O3. The molecule has 0 spiro atoms. The van der Waals surface area contributed by atoms with Crippen LogP contribution in [0.15, 0.2) is 59.1 Å². The number of aryl methyl sites for hydroxylation is 1. The van der Waals surface area contributed by atoms with Crippen LogP contribution in [-0.4, -0.2) is 34.8 Å². The maximum Gasteiger partial charge on any atom is 0.255 e. The number of benzene rings is 2. The number of oxazole rings is 1. The number of hydrogen-bond acceptors (Lipinski definition) is 4. The number of carbonyl (C=O) groups excluding carboxylic acids is 2. The van der Waals surface area contributed by atoms with Crippen LogP contribution in [-0.2, 0) is 11.2 Å². The fourth-order valence-corrected chi connectivity index (χ4v) is 3.65. The number of nitrogens with one attached hydrogen (secondary N) is 1. The molecule has 3 aromatic rings. The van der Waals surface area contributed by atoms with Gasteiger partial charge in [-0.25, -0.2) is 9.37 Å². The standard InChI is InChI=1S/C24H24FN3O3/c25-18-10-8-17(9-11-18)21-16-26-23(31-21)13-12-22(29)27-20-7-3-2-6-19(20)24(30)28-14-4-1-5-15-28/h2-3,6-11,16H,1,4-5,12-15H2,(H,27,29). The number of anilines is 1. The summed E-state index contributed by atoms with van der Waals surface area (Å²) in [6.07, 6.45) is 5.20. The molecule has 0 bridgehead atoms. The first-order valence-corrected chi connectivity index (χ1v) is 10.5. The first-order valence-electron chi connectivity index (χ1n) is 10.5. The highest BCUT2D eigenvalue weighted by molar-refractivity contribution is 6.03. The molecule has 2 heterocycles. The summed E-state index contributed by atoms with van der Waals surface area (Å²) in [6, 6.07) is 13.0. The van der Waals surface area contributed by atoms with Gasteiger partial charge in [0, 0.05) is 31.5 Å². The second-order valence-electron chi connectivity index (χ2n) is 7.57. The average molecular weight is 421 g/mol. The van der Waals surface area contributed by atoms with Gasteiger partial charge in [0.05, 0.1) is 17.4 Å². The molecule has 4 rings (SSSR count). The van der Waals surface area contributed by atoms with Gasteiger partial charge in [0.1, 0.15) is 5.82 Å². The number of hydrogen-bond donors (Lipinski definition) is 1. The smallest absolute Gasteiger partial charge is 0.255 e. The van der Waals surface area contributed by atoms with Crippen LogP contribution >= 0.6 is 0 Å². The Labute approximate surface area is 180 Å². The van der Waals surface area contributed by atoms with E-state index in [4.69, 9.17) is 4.42 Å². The number of rotatable bonds is 6. The van der Waals surface area contributed by atoms with Crippen molar-refractivity contribution in [3.8, 4) is 11.3 Å². The van der Waals surface area contributed by atoms with E-state index in [1.165, 1.54) is 12.1 Å². The first kappa shape index (κ1) is 20.8. The molecule has 1 N–H and O–H groups in total. The van der Waals surface area contributed by atoms with Crippen LogP contribution in [0.1, 0.15) is 41.9 Å². The van der Waals surface area contributed by atoms with Gasteiger partial charge in [-0.3, -0.25) is 9.59 Å². The third-order valence-corrected chi connectivity index (χ3v) is 5.32. The Morgan fingerprint density at radius 3 is 2.55 bits per heavy atom. The predicted molar refractivity (Wildman–Crippen MR) is 115 cm³/mol. The molecule has 0 radical (unpaired) electrons. The molecule has 1 aliphatic heterocycles. The van der Waals surface area contributed by atoms with Crippen molar-refractivity contribution in [3.05, 3.63) is 72.0 Å². The molecule has 6 nitrogen and oxygen atoms in total. The minimum Gasteiger partial charge on any atom is -0.441 e. The minimum absolute atomic E-state index is 0.0489. The average Bonchev–Trinajstić information content (AvgIpc) is 3.28. The third-order valence-electron chi connectivity index (χ3n) is 5.32. The van der Waals surface area contributed by atoms with Crippen LogP contribution in [0.2, 0.25) is 0 Å². The van der Waals surface area contributed by atoms with Crippen molar-refractivity contribution >= 4 is 17.5 Å². The minimum atomic E-state index is -0.320. The number of carbonyl (C=O) groups is 2. The summed E-state index contributed by atoms with van der Waals surface area (Å²) in [7, 11) is 0. The fourth-order valence-electron chi connectivity index (χ4n) is 3.65. The van der Waals surface area contributed by atoms with E-state index in [0.29, 0.717) is 29.3 Å². The number of aromatic nitrogens is 1. The van der Waals surface area contributed by atoms with Crippen molar-refractivity contribution in [2.24, 2.45) is 0 Å². The quantitative estimate of drug-likeness (QED) is 0.627. The van der Waals surface area contributed by atoms with Gasteiger partial charge in [-0.05, 0) is 55.7 Å².